The highest BCUT2D eigenvalue weighted by atomic mass is 16.5. The van der Waals surface area contributed by atoms with Crippen molar-refractivity contribution in [1.82, 2.24) is 10.6 Å². The van der Waals surface area contributed by atoms with Gasteiger partial charge in [-0.05, 0) is 37.1 Å². The molecule has 2 aromatic carbocycles. The van der Waals surface area contributed by atoms with E-state index in [0.717, 1.165) is 29.6 Å². The molecule has 0 saturated carbocycles. The summed E-state index contributed by atoms with van der Waals surface area (Å²) in [7, 11) is 3.48. The van der Waals surface area contributed by atoms with Crippen molar-refractivity contribution in [2.75, 3.05) is 27.3 Å². The Hall–Kier alpha value is -2.69. The van der Waals surface area contributed by atoms with Crippen molar-refractivity contribution in [3.05, 3.63) is 59.2 Å². The van der Waals surface area contributed by atoms with Crippen LogP contribution in [0.1, 0.15) is 36.5 Å². The Balaban J connectivity index is 1.95. The van der Waals surface area contributed by atoms with Crippen molar-refractivity contribution in [1.29, 1.82) is 0 Å². The molecule has 0 fully saturated rings. The summed E-state index contributed by atoms with van der Waals surface area (Å²) in [6.45, 7) is 8.30. The smallest absolute Gasteiger partial charge is 0.191 e. The van der Waals surface area contributed by atoms with Crippen LogP contribution in [0.5, 0.6) is 11.5 Å². The van der Waals surface area contributed by atoms with E-state index in [1.165, 1.54) is 11.1 Å². The summed E-state index contributed by atoms with van der Waals surface area (Å²) in [6, 6.07) is 14.4. The fourth-order valence-corrected chi connectivity index (χ4v) is 2.93. The average molecular weight is 370 g/mol. The van der Waals surface area contributed by atoms with E-state index in [0.29, 0.717) is 13.2 Å². The van der Waals surface area contributed by atoms with E-state index in [9.17, 15) is 0 Å². The van der Waals surface area contributed by atoms with Gasteiger partial charge in [-0.15, -0.1) is 0 Å². The van der Waals surface area contributed by atoms with E-state index in [2.05, 4.69) is 53.7 Å². The Morgan fingerprint density at radius 3 is 2.59 bits per heavy atom. The van der Waals surface area contributed by atoms with Gasteiger partial charge in [-0.3, -0.25) is 4.99 Å². The number of para-hydroxylation sites is 1. The molecule has 1 unspecified atom stereocenters. The molecule has 0 bridgehead atoms. The van der Waals surface area contributed by atoms with Crippen LogP contribution in [0.25, 0.3) is 0 Å². The summed E-state index contributed by atoms with van der Waals surface area (Å²) < 4.78 is 11.2. The Labute approximate surface area is 162 Å². The zero-order chi connectivity index (χ0) is 19.6. The minimum Gasteiger partial charge on any atom is -0.496 e. The molecule has 27 heavy (non-hydrogen) atoms. The van der Waals surface area contributed by atoms with Gasteiger partial charge >= 0.3 is 0 Å². The third kappa shape index (κ3) is 5.91. The second kappa shape index (κ2) is 10.5. The lowest BCUT2D eigenvalue weighted by atomic mass is 10.0. The molecule has 5 nitrogen and oxygen atoms in total. The zero-order valence-corrected chi connectivity index (χ0v) is 17.0. The van der Waals surface area contributed by atoms with E-state index in [1.54, 1.807) is 14.2 Å². The lowest BCUT2D eigenvalue weighted by Gasteiger charge is -2.19. The SMILES string of the molecule is CCOc1cc(C)ccc1CNC(=NC)NCC(C)c1ccccc1OC. The van der Waals surface area contributed by atoms with Crippen LogP contribution in [0.4, 0.5) is 0 Å². The Kier molecular flexibility index (Phi) is 7.99. The van der Waals surface area contributed by atoms with Crippen molar-refractivity contribution in [2.45, 2.75) is 33.2 Å². The van der Waals surface area contributed by atoms with Gasteiger partial charge in [0, 0.05) is 31.6 Å². The molecule has 0 spiro atoms. The van der Waals surface area contributed by atoms with Crippen LogP contribution < -0.4 is 20.1 Å². The van der Waals surface area contributed by atoms with Crippen LogP contribution in [-0.4, -0.2) is 33.3 Å². The maximum absolute atomic E-state index is 5.75. The van der Waals surface area contributed by atoms with E-state index < -0.39 is 0 Å². The molecular weight excluding hydrogens is 338 g/mol. The van der Waals surface area contributed by atoms with Crippen LogP contribution in [0, 0.1) is 6.92 Å². The minimum absolute atomic E-state index is 0.290. The first-order valence-electron chi connectivity index (χ1n) is 9.38. The van der Waals surface area contributed by atoms with E-state index in [-0.39, 0.29) is 5.92 Å². The van der Waals surface area contributed by atoms with Gasteiger partial charge < -0.3 is 20.1 Å². The summed E-state index contributed by atoms with van der Waals surface area (Å²) in [6.07, 6.45) is 0. The minimum atomic E-state index is 0.290. The third-order valence-electron chi connectivity index (χ3n) is 4.44. The molecule has 0 aromatic heterocycles. The summed E-state index contributed by atoms with van der Waals surface area (Å²) >= 11 is 0. The molecule has 0 aliphatic rings. The lowest BCUT2D eigenvalue weighted by molar-refractivity contribution is 0.336. The number of aryl methyl sites for hydroxylation is 1. The molecule has 1 atom stereocenters. The normalized spacial score (nSPS) is 12.4. The molecule has 0 aliphatic carbocycles. The van der Waals surface area contributed by atoms with E-state index in [4.69, 9.17) is 9.47 Å². The highest BCUT2D eigenvalue weighted by Crippen LogP contribution is 2.25. The van der Waals surface area contributed by atoms with Crippen molar-refractivity contribution < 1.29 is 9.47 Å². The number of methoxy groups -OCH3 is 1. The molecular formula is C22H31N3O2. The molecule has 5 heteroatoms. The van der Waals surface area contributed by atoms with E-state index >= 15 is 0 Å². The number of ether oxygens (including phenoxy) is 2. The topological polar surface area (TPSA) is 54.9 Å². The maximum Gasteiger partial charge on any atom is 0.191 e. The van der Waals surface area contributed by atoms with Gasteiger partial charge in [-0.25, -0.2) is 0 Å². The zero-order valence-electron chi connectivity index (χ0n) is 17.0. The van der Waals surface area contributed by atoms with Gasteiger partial charge in [-0.2, -0.15) is 0 Å². The fourth-order valence-electron chi connectivity index (χ4n) is 2.93. The number of hydrogen-bond acceptors (Lipinski definition) is 3. The Bertz CT molecular complexity index is 759. The van der Waals surface area contributed by atoms with Crippen molar-refractivity contribution in [3.8, 4) is 11.5 Å². The van der Waals surface area contributed by atoms with Crippen molar-refractivity contribution >= 4 is 5.96 Å². The van der Waals surface area contributed by atoms with Gasteiger partial charge in [-0.1, -0.05) is 37.3 Å². The molecule has 0 saturated heterocycles. The number of aliphatic imine (C=N–C) groups is 1. The van der Waals surface area contributed by atoms with Crippen LogP contribution in [0.3, 0.4) is 0 Å². The molecule has 0 aliphatic heterocycles. The molecule has 0 amide bonds. The van der Waals surface area contributed by atoms with Crippen LogP contribution in [0.2, 0.25) is 0 Å². The van der Waals surface area contributed by atoms with Crippen LogP contribution in [-0.2, 0) is 6.54 Å². The molecule has 2 aromatic rings. The second-order valence-electron chi connectivity index (χ2n) is 6.49. The van der Waals surface area contributed by atoms with Crippen molar-refractivity contribution in [3.63, 3.8) is 0 Å². The number of rotatable bonds is 8. The highest BCUT2D eigenvalue weighted by molar-refractivity contribution is 5.79. The summed E-state index contributed by atoms with van der Waals surface area (Å²) in [5, 5.41) is 6.76. The van der Waals surface area contributed by atoms with Crippen LogP contribution in [0.15, 0.2) is 47.5 Å². The molecule has 146 valence electrons. The van der Waals surface area contributed by atoms with E-state index in [1.807, 2.05) is 25.1 Å². The number of nitrogens with zero attached hydrogens (tertiary/aromatic N) is 1. The molecule has 0 radical (unpaired) electrons. The second-order valence-corrected chi connectivity index (χ2v) is 6.49. The Morgan fingerprint density at radius 1 is 1.11 bits per heavy atom. The summed E-state index contributed by atoms with van der Waals surface area (Å²) in [5.74, 6) is 2.89. The third-order valence-corrected chi connectivity index (χ3v) is 4.44. The number of nitrogens with one attached hydrogen (secondary N) is 2. The highest BCUT2D eigenvalue weighted by Gasteiger charge is 2.12. The lowest BCUT2D eigenvalue weighted by Crippen LogP contribution is -2.38. The number of guanidine groups is 1. The average Bonchev–Trinajstić information content (AvgIpc) is 2.69. The monoisotopic (exact) mass is 369 g/mol. The number of benzene rings is 2. The van der Waals surface area contributed by atoms with Gasteiger partial charge in [0.25, 0.3) is 0 Å². The predicted octanol–water partition coefficient (Wildman–Crippen LogP) is 3.87. The quantitative estimate of drug-likeness (QED) is 0.548. The largest absolute Gasteiger partial charge is 0.496 e. The van der Waals surface area contributed by atoms with Crippen LogP contribution >= 0.6 is 0 Å². The molecule has 2 N–H and O–H groups in total. The fraction of sp³-hybridized carbons (Fsp3) is 0.409. The van der Waals surface area contributed by atoms with Gasteiger partial charge in [0.2, 0.25) is 0 Å². The summed E-state index contributed by atoms with van der Waals surface area (Å²) in [5.41, 5.74) is 3.48. The van der Waals surface area contributed by atoms with Gasteiger partial charge in [0.1, 0.15) is 11.5 Å². The Morgan fingerprint density at radius 2 is 1.89 bits per heavy atom. The first-order chi connectivity index (χ1) is 13.1. The summed E-state index contributed by atoms with van der Waals surface area (Å²) in [4.78, 5) is 4.33. The first-order valence-corrected chi connectivity index (χ1v) is 9.38. The molecule has 2 rings (SSSR count). The number of hydrogen-bond donors (Lipinski definition) is 2. The van der Waals surface area contributed by atoms with Gasteiger partial charge in [0.05, 0.1) is 13.7 Å². The maximum atomic E-state index is 5.75. The predicted molar refractivity (Wildman–Crippen MR) is 112 cm³/mol. The van der Waals surface area contributed by atoms with Crippen molar-refractivity contribution in [2.24, 2.45) is 4.99 Å². The standard InChI is InChI=1S/C22H31N3O2/c1-6-27-21-13-16(2)11-12-18(21)15-25-22(23-4)24-14-17(3)19-9-7-8-10-20(19)26-5/h7-13,17H,6,14-15H2,1-5H3,(H2,23,24,25). The first kappa shape index (κ1) is 20.6. The molecule has 0 heterocycles. The van der Waals surface area contributed by atoms with Gasteiger partial charge in [0.15, 0.2) is 5.96 Å².